The fourth-order valence-electron chi connectivity index (χ4n) is 3.84. The van der Waals surface area contributed by atoms with Gasteiger partial charge in [0, 0.05) is 6.04 Å². The predicted octanol–water partition coefficient (Wildman–Crippen LogP) is 3.07. The average Bonchev–Trinajstić information content (AvgIpc) is 3.24. The molecule has 2 unspecified atom stereocenters. The van der Waals surface area contributed by atoms with Gasteiger partial charge >= 0.3 is 0 Å². The maximum absolute atomic E-state index is 10.9. The van der Waals surface area contributed by atoms with Crippen LogP contribution in [0.3, 0.4) is 0 Å². The highest BCUT2D eigenvalue weighted by molar-refractivity contribution is 5.28. The molecule has 0 amide bonds. The molecule has 2 saturated carbocycles. The minimum Gasteiger partial charge on any atom is -0.390 e. The number of aliphatic hydroxyl groups is 1. The zero-order chi connectivity index (χ0) is 13.3. The molecule has 0 aromatic heterocycles. The maximum atomic E-state index is 10.9. The first-order chi connectivity index (χ1) is 9.23. The van der Waals surface area contributed by atoms with Crippen LogP contribution < -0.4 is 5.32 Å². The molecule has 0 bridgehead atoms. The van der Waals surface area contributed by atoms with E-state index in [-0.39, 0.29) is 0 Å². The lowest BCUT2D eigenvalue weighted by Gasteiger charge is -2.37. The van der Waals surface area contributed by atoms with E-state index in [9.17, 15) is 5.11 Å². The molecule has 0 heterocycles. The number of nitrogens with one attached hydrogen (secondary N) is 1. The van der Waals surface area contributed by atoms with Crippen LogP contribution in [0.2, 0.25) is 0 Å². The van der Waals surface area contributed by atoms with E-state index in [2.05, 4.69) is 42.6 Å². The van der Waals surface area contributed by atoms with Gasteiger partial charge in [-0.3, -0.25) is 0 Å². The van der Waals surface area contributed by atoms with E-state index in [1.807, 2.05) is 0 Å². The Morgan fingerprint density at radius 1 is 1.21 bits per heavy atom. The van der Waals surface area contributed by atoms with Crippen LogP contribution in [0.4, 0.5) is 0 Å². The van der Waals surface area contributed by atoms with Crippen molar-refractivity contribution < 1.29 is 5.11 Å². The first kappa shape index (κ1) is 13.1. The summed E-state index contributed by atoms with van der Waals surface area (Å²) in [5.41, 5.74) is 1.02. The van der Waals surface area contributed by atoms with Gasteiger partial charge < -0.3 is 10.4 Å². The van der Waals surface area contributed by atoms with Crippen LogP contribution in [0.15, 0.2) is 30.3 Å². The molecule has 2 heteroatoms. The van der Waals surface area contributed by atoms with Gasteiger partial charge in [-0.1, -0.05) is 37.3 Å². The van der Waals surface area contributed by atoms with Gasteiger partial charge in [-0.25, -0.2) is 0 Å². The van der Waals surface area contributed by atoms with E-state index >= 15 is 0 Å². The summed E-state index contributed by atoms with van der Waals surface area (Å²) < 4.78 is 0. The van der Waals surface area contributed by atoms with Crippen LogP contribution in [0.25, 0.3) is 0 Å². The molecule has 0 aliphatic heterocycles. The van der Waals surface area contributed by atoms with E-state index in [1.165, 1.54) is 12.0 Å². The lowest BCUT2D eigenvalue weighted by atomic mass is 9.78. The van der Waals surface area contributed by atoms with E-state index in [0.717, 1.165) is 32.2 Å². The number of hydrogen-bond acceptors (Lipinski definition) is 2. The summed E-state index contributed by atoms with van der Waals surface area (Å²) in [6.07, 6.45) is 5.37. The highest BCUT2D eigenvalue weighted by Crippen LogP contribution is 2.57. The maximum Gasteiger partial charge on any atom is 0.0683 e. The van der Waals surface area contributed by atoms with Gasteiger partial charge in [-0.2, -0.15) is 0 Å². The monoisotopic (exact) mass is 259 g/mol. The van der Waals surface area contributed by atoms with Crippen molar-refractivity contribution in [2.75, 3.05) is 6.54 Å². The van der Waals surface area contributed by atoms with Crippen molar-refractivity contribution in [2.24, 2.45) is 5.92 Å². The zero-order valence-corrected chi connectivity index (χ0v) is 11.8. The summed E-state index contributed by atoms with van der Waals surface area (Å²) in [5, 5.41) is 14.4. The van der Waals surface area contributed by atoms with E-state index in [1.54, 1.807) is 0 Å². The minimum atomic E-state index is -0.396. The molecule has 104 valence electrons. The minimum absolute atomic E-state index is 0.396. The van der Waals surface area contributed by atoms with Gasteiger partial charge in [0.2, 0.25) is 0 Å². The molecular weight excluding hydrogens is 234 g/mol. The first-order valence-electron chi connectivity index (χ1n) is 7.73. The third-order valence-corrected chi connectivity index (χ3v) is 5.05. The van der Waals surface area contributed by atoms with Crippen LogP contribution in [0.1, 0.15) is 50.5 Å². The summed E-state index contributed by atoms with van der Waals surface area (Å²) in [7, 11) is 0. The molecule has 1 aromatic rings. The van der Waals surface area contributed by atoms with Gasteiger partial charge in [-0.15, -0.1) is 0 Å². The molecule has 19 heavy (non-hydrogen) atoms. The third-order valence-electron chi connectivity index (χ3n) is 5.05. The van der Waals surface area contributed by atoms with Crippen LogP contribution in [0.5, 0.6) is 0 Å². The lowest BCUT2D eigenvalue weighted by Crippen LogP contribution is -2.42. The number of rotatable bonds is 4. The van der Waals surface area contributed by atoms with Gasteiger partial charge in [-0.05, 0) is 56.0 Å². The molecule has 0 saturated heterocycles. The third kappa shape index (κ3) is 2.70. The molecule has 2 atom stereocenters. The summed E-state index contributed by atoms with van der Waals surface area (Å²) in [5.74, 6) is 1.10. The van der Waals surface area contributed by atoms with Crippen molar-refractivity contribution in [1.29, 1.82) is 0 Å². The van der Waals surface area contributed by atoms with Gasteiger partial charge in [0.1, 0.15) is 0 Å². The number of benzene rings is 1. The Kier molecular flexibility index (Phi) is 3.64. The highest BCUT2D eigenvalue weighted by Gasteiger charge is 2.53. The van der Waals surface area contributed by atoms with Gasteiger partial charge in [0.25, 0.3) is 0 Å². The molecule has 2 fully saturated rings. The van der Waals surface area contributed by atoms with Crippen molar-refractivity contribution in [3.05, 3.63) is 35.9 Å². The average molecular weight is 259 g/mol. The molecule has 2 nitrogen and oxygen atoms in total. The largest absolute Gasteiger partial charge is 0.390 e. The smallest absolute Gasteiger partial charge is 0.0683 e. The zero-order valence-electron chi connectivity index (χ0n) is 11.8. The fraction of sp³-hybridized carbons (Fsp3) is 0.647. The van der Waals surface area contributed by atoms with E-state index < -0.39 is 5.60 Å². The Morgan fingerprint density at radius 2 is 1.89 bits per heavy atom. The summed E-state index contributed by atoms with van der Waals surface area (Å²) in [6.45, 7) is 3.20. The van der Waals surface area contributed by atoms with Crippen molar-refractivity contribution in [1.82, 2.24) is 5.32 Å². The fourth-order valence-corrected chi connectivity index (χ4v) is 3.84. The summed E-state index contributed by atoms with van der Waals surface area (Å²) in [4.78, 5) is 0. The molecule has 0 spiro atoms. The molecule has 0 radical (unpaired) electrons. The SMILES string of the molecule is CCNC1CCC(O)(C2CC2c2ccccc2)CC1. The normalized spacial score (nSPS) is 38.1. The standard InChI is InChI=1S/C17H25NO/c1-2-18-14-8-10-17(19,11-9-14)16-12-15(16)13-6-4-3-5-7-13/h3-7,14-16,18-19H,2,8-12H2,1H3. The van der Waals surface area contributed by atoms with Crippen molar-refractivity contribution >= 4 is 0 Å². The van der Waals surface area contributed by atoms with E-state index in [0.29, 0.717) is 17.9 Å². The van der Waals surface area contributed by atoms with Gasteiger partial charge in [0.15, 0.2) is 0 Å². The molecule has 3 rings (SSSR count). The molecule has 1 aromatic carbocycles. The highest BCUT2D eigenvalue weighted by atomic mass is 16.3. The Morgan fingerprint density at radius 3 is 2.53 bits per heavy atom. The van der Waals surface area contributed by atoms with Crippen molar-refractivity contribution in [3.8, 4) is 0 Å². The van der Waals surface area contributed by atoms with Crippen LogP contribution >= 0.6 is 0 Å². The summed E-state index contributed by atoms with van der Waals surface area (Å²) in [6, 6.07) is 11.3. The van der Waals surface area contributed by atoms with Crippen LogP contribution in [-0.4, -0.2) is 23.3 Å². The molecule has 2 aliphatic rings. The quantitative estimate of drug-likeness (QED) is 0.871. The topological polar surface area (TPSA) is 32.3 Å². The number of hydrogen-bond donors (Lipinski definition) is 2. The van der Waals surface area contributed by atoms with Crippen LogP contribution in [-0.2, 0) is 0 Å². The lowest BCUT2D eigenvalue weighted by molar-refractivity contribution is -0.0251. The Hall–Kier alpha value is -0.860. The molecule has 2 aliphatic carbocycles. The summed E-state index contributed by atoms with van der Waals surface area (Å²) >= 11 is 0. The Labute approximate surface area is 116 Å². The van der Waals surface area contributed by atoms with Crippen molar-refractivity contribution in [3.63, 3.8) is 0 Å². The first-order valence-corrected chi connectivity index (χ1v) is 7.73. The second-order valence-electron chi connectivity index (χ2n) is 6.29. The van der Waals surface area contributed by atoms with Crippen LogP contribution in [0, 0.1) is 5.92 Å². The van der Waals surface area contributed by atoms with E-state index in [4.69, 9.17) is 0 Å². The molecular formula is C17H25NO. The van der Waals surface area contributed by atoms with Crippen molar-refractivity contribution in [2.45, 2.75) is 56.6 Å². The predicted molar refractivity (Wildman–Crippen MR) is 78.2 cm³/mol. The molecule has 2 N–H and O–H groups in total. The second-order valence-corrected chi connectivity index (χ2v) is 6.29. The Balaban J connectivity index is 1.59. The second kappa shape index (κ2) is 5.26. The van der Waals surface area contributed by atoms with Gasteiger partial charge in [0.05, 0.1) is 5.60 Å². The Bertz CT molecular complexity index is 409.